The Morgan fingerprint density at radius 3 is 2.55 bits per heavy atom. The van der Waals surface area contributed by atoms with Gasteiger partial charge in [-0.25, -0.2) is 0 Å². The molecule has 0 fully saturated rings. The van der Waals surface area contributed by atoms with Crippen molar-refractivity contribution >= 4 is 6.21 Å². The second-order valence-corrected chi connectivity index (χ2v) is 2.97. The standard InChI is InChI=1S/C10H19N/c1-5-9(3)7-10(6-2)8-11-4/h6,8-9H,5,7H2,1-4H3/b10-6-,11-8-. The highest BCUT2D eigenvalue weighted by Crippen LogP contribution is 2.12. The van der Waals surface area contributed by atoms with Crippen molar-refractivity contribution in [1.82, 2.24) is 0 Å². The smallest absolute Gasteiger partial charge is 0.0277 e. The third kappa shape index (κ3) is 4.77. The van der Waals surface area contributed by atoms with Gasteiger partial charge in [0.2, 0.25) is 0 Å². The maximum Gasteiger partial charge on any atom is 0.0277 e. The third-order valence-corrected chi connectivity index (χ3v) is 1.95. The second-order valence-electron chi connectivity index (χ2n) is 2.97. The van der Waals surface area contributed by atoms with Crippen LogP contribution in [0.4, 0.5) is 0 Å². The van der Waals surface area contributed by atoms with E-state index in [2.05, 4.69) is 31.8 Å². The fraction of sp³-hybridized carbons (Fsp3) is 0.700. The number of nitrogens with zero attached hydrogens (tertiary/aromatic N) is 1. The minimum Gasteiger partial charge on any atom is -0.296 e. The van der Waals surface area contributed by atoms with Gasteiger partial charge < -0.3 is 0 Å². The summed E-state index contributed by atoms with van der Waals surface area (Å²) in [4.78, 5) is 4.00. The van der Waals surface area contributed by atoms with Gasteiger partial charge in [0.1, 0.15) is 0 Å². The normalized spacial score (nSPS) is 15.8. The quantitative estimate of drug-likeness (QED) is 0.550. The largest absolute Gasteiger partial charge is 0.296 e. The van der Waals surface area contributed by atoms with E-state index in [1.165, 1.54) is 12.0 Å². The van der Waals surface area contributed by atoms with Gasteiger partial charge in [-0.05, 0) is 24.8 Å². The Morgan fingerprint density at radius 2 is 2.18 bits per heavy atom. The molecule has 0 bridgehead atoms. The Balaban J connectivity index is 3.89. The topological polar surface area (TPSA) is 12.4 Å². The van der Waals surface area contributed by atoms with Crippen molar-refractivity contribution in [3.05, 3.63) is 11.6 Å². The van der Waals surface area contributed by atoms with E-state index in [0.717, 1.165) is 12.3 Å². The van der Waals surface area contributed by atoms with E-state index in [1.54, 1.807) is 0 Å². The molecule has 0 aromatic rings. The minimum absolute atomic E-state index is 0.777. The highest BCUT2D eigenvalue weighted by molar-refractivity contribution is 5.78. The van der Waals surface area contributed by atoms with Crippen LogP contribution < -0.4 is 0 Å². The van der Waals surface area contributed by atoms with Crippen LogP contribution >= 0.6 is 0 Å². The summed E-state index contributed by atoms with van der Waals surface area (Å²) in [5.74, 6) is 0.777. The zero-order valence-corrected chi connectivity index (χ0v) is 8.09. The Bertz CT molecular complexity index is 145. The first kappa shape index (κ1) is 10.4. The molecule has 0 N–H and O–H groups in total. The molecule has 1 unspecified atom stereocenters. The molecule has 0 aliphatic carbocycles. The highest BCUT2D eigenvalue weighted by Gasteiger charge is 1.99. The summed E-state index contributed by atoms with van der Waals surface area (Å²) < 4.78 is 0. The van der Waals surface area contributed by atoms with Crippen LogP contribution in [0.5, 0.6) is 0 Å². The molecule has 0 aromatic heterocycles. The Kier molecular flexibility index (Phi) is 5.81. The van der Waals surface area contributed by atoms with Crippen LogP contribution in [0, 0.1) is 5.92 Å². The van der Waals surface area contributed by atoms with Gasteiger partial charge in [-0.3, -0.25) is 4.99 Å². The van der Waals surface area contributed by atoms with Gasteiger partial charge >= 0.3 is 0 Å². The number of aliphatic imine (C=N–C) groups is 1. The van der Waals surface area contributed by atoms with Crippen LogP contribution in [0.15, 0.2) is 16.6 Å². The van der Waals surface area contributed by atoms with Gasteiger partial charge in [0.05, 0.1) is 0 Å². The Labute approximate surface area is 70.2 Å². The van der Waals surface area contributed by atoms with E-state index in [4.69, 9.17) is 0 Å². The molecule has 64 valence electrons. The van der Waals surface area contributed by atoms with Gasteiger partial charge in [0.15, 0.2) is 0 Å². The first-order chi connectivity index (χ1) is 5.24. The fourth-order valence-corrected chi connectivity index (χ4v) is 0.958. The lowest BCUT2D eigenvalue weighted by Gasteiger charge is -2.07. The van der Waals surface area contributed by atoms with Gasteiger partial charge in [-0.15, -0.1) is 0 Å². The molecule has 0 amide bonds. The van der Waals surface area contributed by atoms with Crippen molar-refractivity contribution in [3.63, 3.8) is 0 Å². The van der Waals surface area contributed by atoms with E-state index in [-0.39, 0.29) is 0 Å². The van der Waals surface area contributed by atoms with Crippen molar-refractivity contribution < 1.29 is 0 Å². The van der Waals surface area contributed by atoms with Crippen molar-refractivity contribution in [3.8, 4) is 0 Å². The van der Waals surface area contributed by atoms with Crippen molar-refractivity contribution in [2.24, 2.45) is 10.9 Å². The predicted molar refractivity (Wildman–Crippen MR) is 52.2 cm³/mol. The molecule has 0 rings (SSSR count). The molecule has 0 heterocycles. The lowest BCUT2D eigenvalue weighted by atomic mass is 9.99. The molecule has 0 spiro atoms. The monoisotopic (exact) mass is 153 g/mol. The summed E-state index contributed by atoms with van der Waals surface area (Å²) in [5.41, 5.74) is 1.35. The van der Waals surface area contributed by atoms with Crippen LogP contribution in [0.3, 0.4) is 0 Å². The lowest BCUT2D eigenvalue weighted by Crippen LogP contribution is -1.95. The summed E-state index contributed by atoms with van der Waals surface area (Å²) in [5, 5.41) is 0. The van der Waals surface area contributed by atoms with Gasteiger partial charge in [0, 0.05) is 13.3 Å². The van der Waals surface area contributed by atoms with Crippen LogP contribution in [-0.4, -0.2) is 13.3 Å². The maximum atomic E-state index is 4.00. The summed E-state index contributed by atoms with van der Waals surface area (Å²) in [6, 6.07) is 0. The number of allylic oxidation sites excluding steroid dienone is 2. The molecule has 1 nitrogen and oxygen atoms in total. The SMILES string of the molecule is C/C=C(\C=N/C)CC(C)CC. The average Bonchev–Trinajstić information content (AvgIpc) is 2.03. The highest BCUT2D eigenvalue weighted by atomic mass is 14.6. The van der Waals surface area contributed by atoms with Crippen LogP contribution in [0.2, 0.25) is 0 Å². The molecule has 0 radical (unpaired) electrons. The molecule has 0 saturated heterocycles. The van der Waals surface area contributed by atoms with Gasteiger partial charge in [-0.1, -0.05) is 26.3 Å². The minimum atomic E-state index is 0.777. The first-order valence-corrected chi connectivity index (χ1v) is 4.31. The molecule has 0 aromatic carbocycles. The fourth-order valence-electron chi connectivity index (χ4n) is 0.958. The molecular weight excluding hydrogens is 134 g/mol. The van der Waals surface area contributed by atoms with E-state index in [1.807, 2.05) is 13.3 Å². The summed E-state index contributed by atoms with van der Waals surface area (Å²) in [7, 11) is 1.82. The summed E-state index contributed by atoms with van der Waals surface area (Å²) >= 11 is 0. The lowest BCUT2D eigenvalue weighted by molar-refractivity contribution is 0.565. The zero-order valence-electron chi connectivity index (χ0n) is 8.09. The van der Waals surface area contributed by atoms with Crippen LogP contribution in [-0.2, 0) is 0 Å². The second kappa shape index (κ2) is 6.14. The summed E-state index contributed by atoms with van der Waals surface area (Å²) in [6.07, 6.45) is 6.49. The van der Waals surface area contributed by atoms with Crippen molar-refractivity contribution in [2.75, 3.05) is 7.05 Å². The molecule has 0 aliphatic heterocycles. The average molecular weight is 153 g/mol. The third-order valence-electron chi connectivity index (χ3n) is 1.95. The van der Waals surface area contributed by atoms with Gasteiger partial charge in [0.25, 0.3) is 0 Å². The van der Waals surface area contributed by atoms with E-state index in [0.29, 0.717) is 0 Å². The molecule has 0 saturated carbocycles. The Morgan fingerprint density at radius 1 is 1.55 bits per heavy atom. The molecule has 11 heavy (non-hydrogen) atoms. The van der Waals surface area contributed by atoms with Crippen LogP contribution in [0.1, 0.15) is 33.6 Å². The van der Waals surface area contributed by atoms with Crippen molar-refractivity contribution in [2.45, 2.75) is 33.6 Å². The number of hydrogen-bond donors (Lipinski definition) is 0. The Hall–Kier alpha value is -0.590. The predicted octanol–water partition coefficient (Wildman–Crippen LogP) is 3.07. The number of hydrogen-bond acceptors (Lipinski definition) is 1. The zero-order chi connectivity index (χ0) is 8.69. The molecular formula is C10H19N. The van der Waals surface area contributed by atoms with Crippen molar-refractivity contribution in [1.29, 1.82) is 0 Å². The maximum absolute atomic E-state index is 4.00. The summed E-state index contributed by atoms with van der Waals surface area (Å²) in [6.45, 7) is 6.56. The molecule has 1 heteroatoms. The first-order valence-electron chi connectivity index (χ1n) is 4.31. The number of rotatable bonds is 4. The van der Waals surface area contributed by atoms with E-state index < -0.39 is 0 Å². The van der Waals surface area contributed by atoms with Crippen LogP contribution in [0.25, 0.3) is 0 Å². The van der Waals surface area contributed by atoms with E-state index in [9.17, 15) is 0 Å². The van der Waals surface area contributed by atoms with E-state index >= 15 is 0 Å². The molecule has 1 atom stereocenters. The molecule has 0 aliphatic rings. The van der Waals surface area contributed by atoms with Gasteiger partial charge in [-0.2, -0.15) is 0 Å².